The second-order valence-corrected chi connectivity index (χ2v) is 5.53. The van der Waals surface area contributed by atoms with E-state index < -0.39 is 10.0 Å². The fraction of sp³-hybridized carbons (Fsp3) is 0.455. The fourth-order valence-electron chi connectivity index (χ4n) is 1.20. The average Bonchev–Trinajstić information content (AvgIpc) is 2.25. The number of hydrogen-bond acceptors (Lipinski definition) is 3. The molecule has 90 valence electrons. The lowest BCUT2D eigenvalue weighted by molar-refractivity contribution is 0.593. The summed E-state index contributed by atoms with van der Waals surface area (Å²) in [7, 11) is -3.58. The van der Waals surface area contributed by atoms with Gasteiger partial charge in [-0.05, 0) is 30.2 Å². The minimum atomic E-state index is -3.58. The maximum Gasteiger partial charge on any atom is 0.238 e. The largest absolute Gasteiger partial charge is 0.385 e. The van der Waals surface area contributed by atoms with Crippen LogP contribution in [-0.2, 0) is 10.0 Å². The summed E-state index contributed by atoms with van der Waals surface area (Å²) in [6.45, 7) is 5.17. The third-order valence-corrected chi connectivity index (χ3v) is 3.46. The van der Waals surface area contributed by atoms with E-state index in [0.29, 0.717) is 5.92 Å². The Morgan fingerprint density at radius 2 is 1.88 bits per heavy atom. The summed E-state index contributed by atoms with van der Waals surface area (Å²) in [4.78, 5) is 0.140. The Morgan fingerprint density at radius 1 is 1.31 bits per heavy atom. The van der Waals surface area contributed by atoms with E-state index in [9.17, 15) is 8.42 Å². The lowest BCUT2D eigenvalue weighted by Crippen LogP contribution is -2.13. The first kappa shape index (κ1) is 13.0. The monoisotopic (exact) mass is 242 g/mol. The predicted octanol–water partition coefficient (Wildman–Crippen LogP) is 1.79. The van der Waals surface area contributed by atoms with E-state index in [0.717, 1.165) is 18.7 Å². The zero-order valence-corrected chi connectivity index (χ0v) is 10.4. The molecule has 0 aromatic heterocycles. The van der Waals surface area contributed by atoms with E-state index in [4.69, 9.17) is 5.14 Å². The Labute approximate surface area is 96.9 Å². The molecule has 1 rings (SSSR count). The van der Waals surface area contributed by atoms with E-state index in [1.54, 1.807) is 12.1 Å². The standard InChI is InChI=1S/C11H18N2O2S/c1-3-9(2)8-13-10-4-6-11(7-5-10)16(12,14)15/h4-7,9,13H,3,8H2,1-2H3,(H2,12,14,15). The molecule has 1 unspecified atom stereocenters. The smallest absolute Gasteiger partial charge is 0.238 e. The minimum absolute atomic E-state index is 0.140. The van der Waals surface area contributed by atoms with Crippen LogP contribution in [0.2, 0.25) is 0 Å². The molecule has 0 amide bonds. The maximum atomic E-state index is 11.0. The van der Waals surface area contributed by atoms with Crippen molar-refractivity contribution in [3.63, 3.8) is 0 Å². The van der Waals surface area contributed by atoms with Gasteiger partial charge in [-0.3, -0.25) is 0 Å². The highest BCUT2D eigenvalue weighted by molar-refractivity contribution is 7.89. The van der Waals surface area contributed by atoms with Crippen molar-refractivity contribution in [3.05, 3.63) is 24.3 Å². The molecule has 4 nitrogen and oxygen atoms in total. The summed E-state index contributed by atoms with van der Waals surface area (Å²) >= 11 is 0. The van der Waals surface area contributed by atoms with Crippen molar-refractivity contribution in [2.75, 3.05) is 11.9 Å². The molecule has 0 saturated carbocycles. The summed E-state index contributed by atoms with van der Waals surface area (Å²) in [5, 5.41) is 8.24. The van der Waals surface area contributed by atoms with Gasteiger partial charge in [-0.1, -0.05) is 20.3 Å². The van der Waals surface area contributed by atoms with Crippen molar-refractivity contribution in [1.82, 2.24) is 0 Å². The zero-order valence-electron chi connectivity index (χ0n) is 9.60. The van der Waals surface area contributed by atoms with Crippen molar-refractivity contribution >= 4 is 15.7 Å². The average molecular weight is 242 g/mol. The Bertz CT molecular complexity index is 426. The molecular weight excluding hydrogens is 224 g/mol. The molecule has 1 aromatic carbocycles. The molecule has 0 heterocycles. The number of nitrogens with one attached hydrogen (secondary N) is 1. The van der Waals surface area contributed by atoms with Gasteiger partial charge in [0.2, 0.25) is 10.0 Å². The van der Waals surface area contributed by atoms with Crippen molar-refractivity contribution in [2.45, 2.75) is 25.2 Å². The highest BCUT2D eigenvalue weighted by Crippen LogP contribution is 2.13. The summed E-state index contributed by atoms with van der Waals surface area (Å²) in [5.41, 5.74) is 0.910. The van der Waals surface area contributed by atoms with E-state index >= 15 is 0 Å². The van der Waals surface area contributed by atoms with Crippen molar-refractivity contribution < 1.29 is 8.42 Å². The third-order valence-electron chi connectivity index (χ3n) is 2.53. The third kappa shape index (κ3) is 3.83. The number of primary sulfonamides is 1. The number of nitrogens with two attached hydrogens (primary N) is 1. The van der Waals surface area contributed by atoms with Crippen molar-refractivity contribution in [1.29, 1.82) is 0 Å². The number of hydrogen-bond donors (Lipinski definition) is 2. The van der Waals surface area contributed by atoms with Crippen molar-refractivity contribution in [2.24, 2.45) is 11.1 Å². The summed E-state index contributed by atoms with van der Waals surface area (Å²) in [6, 6.07) is 6.47. The van der Waals surface area contributed by atoms with Gasteiger partial charge < -0.3 is 5.32 Å². The molecule has 0 fully saturated rings. The van der Waals surface area contributed by atoms with Crippen LogP contribution in [0.1, 0.15) is 20.3 Å². The van der Waals surface area contributed by atoms with Crippen LogP contribution in [0, 0.1) is 5.92 Å². The quantitative estimate of drug-likeness (QED) is 0.827. The normalized spacial score (nSPS) is 13.4. The molecular formula is C11H18N2O2S. The highest BCUT2D eigenvalue weighted by Gasteiger charge is 2.06. The van der Waals surface area contributed by atoms with Crippen molar-refractivity contribution in [3.8, 4) is 0 Å². The Kier molecular flexibility index (Phi) is 4.32. The van der Waals surface area contributed by atoms with Crippen LogP contribution in [-0.4, -0.2) is 15.0 Å². The van der Waals surface area contributed by atoms with Gasteiger partial charge in [0.05, 0.1) is 4.90 Å². The summed E-state index contributed by atoms with van der Waals surface area (Å²) in [6.07, 6.45) is 1.11. The first-order valence-electron chi connectivity index (χ1n) is 5.30. The molecule has 16 heavy (non-hydrogen) atoms. The number of benzene rings is 1. The summed E-state index contributed by atoms with van der Waals surface area (Å²) in [5.74, 6) is 0.595. The molecule has 0 aliphatic rings. The second-order valence-electron chi connectivity index (χ2n) is 3.96. The topological polar surface area (TPSA) is 72.2 Å². The molecule has 0 spiro atoms. The number of rotatable bonds is 5. The first-order chi connectivity index (χ1) is 7.43. The van der Waals surface area contributed by atoms with Gasteiger partial charge in [0.15, 0.2) is 0 Å². The van der Waals surface area contributed by atoms with Gasteiger partial charge in [0, 0.05) is 12.2 Å². The van der Waals surface area contributed by atoms with Crippen LogP contribution in [0.25, 0.3) is 0 Å². The van der Waals surface area contributed by atoms with Gasteiger partial charge in [-0.15, -0.1) is 0 Å². The van der Waals surface area contributed by atoms with Gasteiger partial charge in [0.25, 0.3) is 0 Å². The highest BCUT2D eigenvalue weighted by atomic mass is 32.2. The van der Waals surface area contributed by atoms with Crippen LogP contribution in [0.5, 0.6) is 0 Å². The molecule has 0 saturated heterocycles. The van der Waals surface area contributed by atoms with Gasteiger partial charge in [0.1, 0.15) is 0 Å². The van der Waals surface area contributed by atoms with E-state index in [2.05, 4.69) is 19.2 Å². The lowest BCUT2D eigenvalue weighted by Gasteiger charge is -2.11. The molecule has 0 bridgehead atoms. The molecule has 0 aliphatic carbocycles. The minimum Gasteiger partial charge on any atom is -0.385 e. The predicted molar refractivity (Wildman–Crippen MR) is 65.8 cm³/mol. The zero-order chi connectivity index (χ0) is 12.2. The Balaban J connectivity index is 2.66. The lowest BCUT2D eigenvalue weighted by atomic mass is 10.1. The molecule has 1 atom stereocenters. The molecule has 0 aliphatic heterocycles. The van der Waals surface area contributed by atoms with Crippen LogP contribution in [0.4, 0.5) is 5.69 Å². The van der Waals surface area contributed by atoms with Crippen LogP contribution >= 0.6 is 0 Å². The van der Waals surface area contributed by atoms with Crippen LogP contribution in [0.3, 0.4) is 0 Å². The van der Waals surface area contributed by atoms with E-state index in [1.165, 1.54) is 12.1 Å². The first-order valence-corrected chi connectivity index (χ1v) is 6.85. The molecule has 1 aromatic rings. The SMILES string of the molecule is CCC(C)CNc1ccc(S(N)(=O)=O)cc1. The van der Waals surface area contributed by atoms with E-state index in [1.807, 2.05) is 0 Å². The molecule has 0 radical (unpaired) electrons. The molecule has 5 heteroatoms. The molecule has 3 N–H and O–H groups in total. The van der Waals surface area contributed by atoms with Gasteiger partial charge in [-0.25, -0.2) is 13.6 Å². The maximum absolute atomic E-state index is 11.0. The number of anilines is 1. The van der Waals surface area contributed by atoms with Crippen LogP contribution < -0.4 is 10.5 Å². The van der Waals surface area contributed by atoms with Crippen LogP contribution in [0.15, 0.2) is 29.2 Å². The van der Waals surface area contributed by atoms with Gasteiger partial charge >= 0.3 is 0 Å². The van der Waals surface area contributed by atoms with Gasteiger partial charge in [-0.2, -0.15) is 0 Å². The van der Waals surface area contributed by atoms with E-state index in [-0.39, 0.29) is 4.90 Å². The second kappa shape index (κ2) is 5.32. The number of sulfonamides is 1. The Hall–Kier alpha value is -1.07. The summed E-state index contributed by atoms with van der Waals surface area (Å²) < 4.78 is 22.0. The fourth-order valence-corrected chi connectivity index (χ4v) is 1.71. The Morgan fingerprint density at radius 3 is 2.31 bits per heavy atom.